The van der Waals surface area contributed by atoms with Gasteiger partial charge in [-0.05, 0) is 37.5 Å². The lowest BCUT2D eigenvalue weighted by Crippen LogP contribution is -2.50. The summed E-state index contributed by atoms with van der Waals surface area (Å²) in [7, 11) is 0. The Hall–Kier alpha value is -2.40. The minimum atomic E-state index is -0.610. The third-order valence-electron chi connectivity index (χ3n) is 4.61. The van der Waals surface area contributed by atoms with Crippen LogP contribution in [0.3, 0.4) is 0 Å². The van der Waals surface area contributed by atoms with Crippen LogP contribution in [0.25, 0.3) is 0 Å². The number of carbonyl (C=O) groups is 2. The Balaban J connectivity index is 2.24. The zero-order valence-corrected chi connectivity index (χ0v) is 17.0. The summed E-state index contributed by atoms with van der Waals surface area (Å²) in [5.41, 5.74) is 1.22. The van der Waals surface area contributed by atoms with E-state index in [1.54, 1.807) is 11.0 Å². The summed E-state index contributed by atoms with van der Waals surface area (Å²) in [4.78, 5) is 27.1. The van der Waals surface area contributed by atoms with E-state index < -0.39 is 11.9 Å². The number of rotatable bonds is 9. The first-order valence-corrected chi connectivity index (χ1v) is 9.89. The molecule has 0 radical (unpaired) electrons. The molecule has 0 saturated carbocycles. The van der Waals surface area contributed by atoms with Crippen LogP contribution in [0.1, 0.15) is 31.4 Å². The normalized spacial score (nSPS) is 11.7. The molecule has 28 heavy (non-hydrogen) atoms. The molecule has 1 atom stereocenters. The molecule has 2 rings (SSSR count). The molecule has 150 valence electrons. The molecule has 0 bridgehead atoms. The molecule has 2 aromatic carbocycles. The minimum Gasteiger partial charge on any atom is -0.355 e. The van der Waals surface area contributed by atoms with Gasteiger partial charge in [0, 0.05) is 23.7 Å². The number of nitrogens with one attached hydrogen (secondary N) is 1. The lowest BCUT2D eigenvalue weighted by atomic mass is 10.1. The van der Waals surface area contributed by atoms with Gasteiger partial charge in [-0.1, -0.05) is 54.9 Å². The molecule has 0 aromatic heterocycles. The molecule has 2 aromatic rings. The minimum absolute atomic E-state index is 0.157. The lowest BCUT2D eigenvalue weighted by molar-refractivity contribution is -0.140. The summed E-state index contributed by atoms with van der Waals surface area (Å²) in [5.74, 6) is -1.04. The molecule has 0 fully saturated rings. The van der Waals surface area contributed by atoms with Gasteiger partial charge in [0.25, 0.3) is 0 Å². The molecule has 0 aliphatic carbocycles. The molecular weight excluding hydrogens is 379 g/mol. The van der Waals surface area contributed by atoms with Crippen LogP contribution >= 0.6 is 11.6 Å². The van der Waals surface area contributed by atoms with Crippen molar-refractivity contribution in [2.75, 3.05) is 13.1 Å². The SMILES string of the molecule is CCNC(=O)C(CC)N(CCc1ccccc1)C(=O)Cc1c(F)cccc1Cl. The van der Waals surface area contributed by atoms with Crippen LogP contribution in [0.5, 0.6) is 0 Å². The molecule has 1 N–H and O–H groups in total. The zero-order valence-electron chi connectivity index (χ0n) is 16.3. The van der Waals surface area contributed by atoms with Gasteiger partial charge < -0.3 is 10.2 Å². The summed E-state index contributed by atoms with van der Waals surface area (Å²) >= 11 is 6.09. The average molecular weight is 405 g/mol. The zero-order chi connectivity index (χ0) is 20.5. The highest BCUT2D eigenvalue weighted by Gasteiger charge is 2.28. The highest BCUT2D eigenvalue weighted by atomic mass is 35.5. The van der Waals surface area contributed by atoms with E-state index in [0.29, 0.717) is 25.9 Å². The highest BCUT2D eigenvalue weighted by Crippen LogP contribution is 2.21. The number of nitrogens with zero attached hydrogens (tertiary/aromatic N) is 1. The largest absolute Gasteiger partial charge is 0.355 e. The van der Waals surface area contributed by atoms with Gasteiger partial charge in [0.05, 0.1) is 6.42 Å². The molecule has 0 heterocycles. The lowest BCUT2D eigenvalue weighted by Gasteiger charge is -2.30. The first-order valence-electron chi connectivity index (χ1n) is 9.51. The van der Waals surface area contributed by atoms with Crippen molar-refractivity contribution < 1.29 is 14.0 Å². The molecule has 0 aliphatic rings. The van der Waals surface area contributed by atoms with Crippen molar-refractivity contribution in [1.29, 1.82) is 0 Å². The molecule has 4 nitrogen and oxygen atoms in total. The number of hydrogen-bond acceptors (Lipinski definition) is 2. The fraction of sp³-hybridized carbons (Fsp3) is 0.364. The second-order valence-corrected chi connectivity index (χ2v) is 6.93. The Bertz CT molecular complexity index is 778. The maximum absolute atomic E-state index is 14.2. The average Bonchev–Trinajstić information content (AvgIpc) is 2.68. The van der Waals surface area contributed by atoms with E-state index in [2.05, 4.69) is 5.32 Å². The van der Waals surface area contributed by atoms with Gasteiger partial charge in [-0.15, -0.1) is 0 Å². The van der Waals surface area contributed by atoms with Crippen LogP contribution in [-0.4, -0.2) is 35.8 Å². The smallest absolute Gasteiger partial charge is 0.242 e. The second-order valence-electron chi connectivity index (χ2n) is 6.52. The Labute approximate surface area is 170 Å². The molecule has 6 heteroatoms. The van der Waals surface area contributed by atoms with Crippen molar-refractivity contribution in [3.63, 3.8) is 0 Å². The Morgan fingerprint density at radius 1 is 1.11 bits per heavy atom. The van der Waals surface area contributed by atoms with E-state index in [9.17, 15) is 14.0 Å². The highest BCUT2D eigenvalue weighted by molar-refractivity contribution is 6.31. The van der Waals surface area contributed by atoms with Gasteiger partial charge >= 0.3 is 0 Å². The molecule has 0 spiro atoms. The molecular formula is C22H26ClFN2O2. The van der Waals surface area contributed by atoms with Gasteiger partial charge in [-0.3, -0.25) is 9.59 Å². The Morgan fingerprint density at radius 3 is 2.43 bits per heavy atom. The monoisotopic (exact) mass is 404 g/mol. The molecule has 0 aliphatic heterocycles. The van der Waals surface area contributed by atoms with E-state index >= 15 is 0 Å². The summed E-state index contributed by atoms with van der Waals surface area (Å²) in [5, 5.41) is 2.99. The molecule has 0 saturated heterocycles. The summed E-state index contributed by atoms with van der Waals surface area (Å²) in [6.45, 7) is 4.54. The van der Waals surface area contributed by atoms with Crippen molar-refractivity contribution in [1.82, 2.24) is 10.2 Å². The maximum Gasteiger partial charge on any atom is 0.242 e. The van der Waals surface area contributed by atoms with Crippen molar-refractivity contribution in [2.45, 2.75) is 39.2 Å². The topological polar surface area (TPSA) is 49.4 Å². The third-order valence-corrected chi connectivity index (χ3v) is 4.96. The number of benzene rings is 2. The van der Waals surface area contributed by atoms with Crippen LogP contribution in [0.4, 0.5) is 4.39 Å². The van der Waals surface area contributed by atoms with Crippen molar-refractivity contribution in [2.24, 2.45) is 0 Å². The Kier molecular flexibility index (Phi) is 8.45. The van der Waals surface area contributed by atoms with E-state index in [1.165, 1.54) is 12.1 Å². The first kappa shape index (κ1) is 21.9. The van der Waals surface area contributed by atoms with Crippen LogP contribution in [0.15, 0.2) is 48.5 Å². The van der Waals surface area contributed by atoms with Gasteiger partial charge in [-0.25, -0.2) is 4.39 Å². The first-order chi connectivity index (χ1) is 13.5. The quantitative estimate of drug-likeness (QED) is 0.686. The number of halogens is 2. The number of amides is 2. The standard InChI is InChI=1S/C22H26ClFN2O2/c1-3-20(22(28)25-4-2)26(14-13-16-9-6-5-7-10-16)21(27)15-17-18(23)11-8-12-19(17)24/h5-12,20H,3-4,13-15H2,1-2H3,(H,25,28). The van der Waals surface area contributed by atoms with Crippen LogP contribution < -0.4 is 5.32 Å². The molecule has 1 unspecified atom stereocenters. The van der Waals surface area contributed by atoms with E-state index in [1.807, 2.05) is 44.2 Å². The fourth-order valence-corrected chi connectivity index (χ4v) is 3.37. The third kappa shape index (κ3) is 5.80. The predicted molar refractivity (Wildman–Crippen MR) is 110 cm³/mol. The van der Waals surface area contributed by atoms with Gasteiger partial charge in [0.15, 0.2) is 0 Å². The van der Waals surface area contributed by atoms with Crippen molar-refractivity contribution in [3.8, 4) is 0 Å². The number of carbonyl (C=O) groups excluding carboxylic acids is 2. The Morgan fingerprint density at radius 2 is 1.82 bits per heavy atom. The van der Waals surface area contributed by atoms with Gasteiger partial charge in [-0.2, -0.15) is 0 Å². The van der Waals surface area contributed by atoms with Crippen LogP contribution in [0.2, 0.25) is 5.02 Å². The fourth-order valence-electron chi connectivity index (χ4n) is 3.14. The molecule has 2 amide bonds. The summed E-state index contributed by atoms with van der Waals surface area (Å²) in [6, 6.07) is 13.5. The van der Waals surface area contributed by atoms with Crippen molar-refractivity contribution >= 4 is 23.4 Å². The summed E-state index contributed by atoms with van der Waals surface area (Å²) < 4.78 is 14.2. The van der Waals surface area contributed by atoms with Crippen LogP contribution in [0, 0.1) is 5.82 Å². The van der Waals surface area contributed by atoms with E-state index in [0.717, 1.165) is 5.56 Å². The predicted octanol–water partition coefficient (Wildman–Crippen LogP) is 4.01. The number of hydrogen-bond donors (Lipinski definition) is 1. The summed E-state index contributed by atoms with van der Waals surface area (Å²) in [6.07, 6.45) is 0.890. The van der Waals surface area contributed by atoms with Gasteiger partial charge in [0.2, 0.25) is 11.8 Å². The van der Waals surface area contributed by atoms with E-state index in [4.69, 9.17) is 11.6 Å². The van der Waals surface area contributed by atoms with E-state index in [-0.39, 0.29) is 28.8 Å². The number of likely N-dealkylation sites (N-methyl/N-ethyl adjacent to an activating group) is 1. The maximum atomic E-state index is 14.2. The van der Waals surface area contributed by atoms with Crippen molar-refractivity contribution in [3.05, 3.63) is 70.5 Å². The van der Waals surface area contributed by atoms with Crippen LogP contribution in [-0.2, 0) is 22.4 Å². The van der Waals surface area contributed by atoms with Gasteiger partial charge in [0.1, 0.15) is 11.9 Å². The second kappa shape index (κ2) is 10.8.